The van der Waals surface area contributed by atoms with Crippen LogP contribution < -0.4 is 0 Å². The average molecular weight is 224 g/mol. The maximum atomic E-state index is 11.6. The second-order valence-electron chi connectivity index (χ2n) is 3.26. The van der Waals surface area contributed by atoms with Crippen molar-refractivity contribution in [3.8, 4) is 0 Å². The quantitative estimate of drug-likeness (QED) is 0.548. The van der Waals surface area contributed by atoms with Crippen molar-refractivity contribution in [2.75, 3.05) is 6.61 Å². The molecule has 1 atom stereocenters. The normalized spacial score (nSPS) is 12.1. The van der Waals surface area contributed by atoms with Crippen molar-refractivity contribution in [3.63, 3.8) is 0 Å². The Bertz CT molecular complexity index is 303. The lowest BCUT2D eigenvalue weighted by Gasteiger charge is -2.12. The van der Waals surface area contributed by atoms with E-state index in [2.05, 4.69) is 6.58 Å². The highest BCUT2D eigenvalue weighted by Gasteiger charge is 2.18. The molecule has 1 aromatic rings. The van der Waals surface area contributed by atoms with Crippen LogP contribution in [0.2, 0.25) is 0 Å². The predicted molar refractivity (Wildman–Crippen MR) is 63.0 cm³/mol. The molecule has 0 fully saturated rings. The van der Waals surface area contributed by atoms with Crippen LogP contribution in [0.3, 0.4) is 0 Å². The van der Waals surface area contributed by atoms with Gasteiger partial charge in [-0.15, -0.1) is 17.9 Å². The molecule has 82 valence electrons. The number of carbonyl (C=O) groups is 1. The fourth-order valence-corrected chi connectivity index (χ4v) is 2.18. The molecule has 0 bridgehead atoms. The van der Waals surface area contributed by atoms with Crippen molar-refractivity contribution in [2.24, 2.45) is 5.92 Å². The van der Waals surface area contributed by atoms with Crippen molar-refractivity contribution in [3.05, 3.63) is 35.0 Å². The topological polar surface area (TPSA) is 26.3 Å². The molecule has 1 unspecified atom stereocenters. The molecule has 0 N–H and O–H groups in total. The molecule has 0 spiro atoms. The van der Waals surface area contributed by atoms with Crippen LogP contribution in [0, 0.1) is 5.92 Å². The Hall–Kier alpha value is -1.09. The van der Waals surface area contributed by atoms with E-state index in [1.54, 1.807) is 17.4 Å². The minimum atomic E-state index is -0.120. The monoisotopic (exact) mass is 224 g/mol. The molecule has 0 amide bonds. The Kier molecular flexibility index (Phi) is 5.12. The lowest BCUT2D eigenvalue weighted by atomic mass is 10.0. The molecule has 15 heavy (non-hydrogen) atoms. The van der Waals surface area contributed by atoms with Gasteiger partial charge in [0.05, 0.1) is 12.5 Å². The first-order chi connectivity index (χ1) is 7.27. The Morgan fingerprint density at radius 2 is 2.53 bits per heavy atom. The van der Waals surface area contributed by atoms with E-state index in [-0.39, 0.29) is 11.9 Å². The molecule has 0 aromatic carbocycles. The van der Waals surface area contributed by atoms with Gasteiger partial charge < -0.3 is 4.74 Å². The largest absolute Gasteiger partial charge is 0.466 e. The molecule has 1 aromatic heterocycles. The van der Waals surface area contributed by atoms with Crippen molar-refractivity contribution >= 4 is 17.3 Å². The molecule has 0 aliphatic carbocycles. The van der Waals surface area contributed by atoms with Gasteiger partial charge in [-0.1, -0.05) is 12.1 Å². The molecule has 0 saturated heterocycles. The van der Waals surface area contributed by atoms with E-state index in [0.29, 0.717) is 13.0 Å². The average Bonchev–Trinajstić information content (AvgIpc) is 2.70. The summed E-state index contributed by atoms with van der Waals surface area (Å²) in [6, 6.07) is 4.04. The first-order valence-electron chi connectivity index (χ1n) is 5.07. The van der Waals surface area contributed by atoms with Crippen LogP contribution in [0.1, 0.15) is 18.2 Å². The Morgan fingerprint density at radius 1 is 1.73 bits per heavy atom. The van der Waals surface area contributed by atoms with Crippen LogP contribution in [-0.2, 0) is 16.0 Å². The van der Waals surface area contributed by atoms with Crippen LogP contribution in [0.15, 0.2) is 30.2 Å². The molecule has 1 rings (SSSR count). The molecular formula is C12H16O2S. The number of carbonyl (C=O) groups excluding carboxylic acids is 1. The van der Waals surface area contributed by atoms with E-state index in [4.69, 9.17) is 4.74 Å². The number of hydrogen-bond donors (Lipinski definition) is 0. The zero-order valence-electron chi connectivity index (χ0n) is 8.94. The summed E-state index contributed by atoms with van der Waals surface area (Å²) < 4.78 is 5.02. The number of allylic oxidation sites excluding steroid dienone is 1. The van der Waals surface area contributed by atoms with Gasteiger partial charge in [0.1, 0.15) is 0 Å². The minimum Gasteiger partial charge on any atom is -0.466 e. The van der Waals surface area contributed by atoms with Crippen molar-refractivity contribution < 1.29 is 9.53 Å². The summed E-state index contributed by atoms with van der Waals surface area (Å²) in [4.78, 5) is 12.8. The number of ether oxygens (including phenoxy) is 1. The van der Waals surface area contributed by atoms with Crippen LogP contribution in [0.4, 0.5) is 0 Å². The number of rotatable bonds is 6. The molecule has 0 aliphatic rings. The standard InChI is InChI=1S/C12H16O2S/c1-3-6-10(12(13)14-4-2)9-11-7-5-8-15-11/h3,5,7-8,10H,1,4,6,9H2,2H3. The van der Waals surface area contributed by atoms with Gasteiger partial charge in [-0.2, -0.15) is 0 Å². The Balaban J connectivity index is 2.57. The zero-order chi connectivity index (χ0) is 11.1. The van der Waals surface area contributed by atoms with E-state index in [0.717, 1.165) is 6.42 Å². The fraction of sp³-hybridized carbons (Fsp3) is 0.417. The predicted octanol–water partition coefficient (Wildman–Crippen LogP) is 3.05. The molecular weight excluding hydrogens is 208 g/mol. The number of esters is 1. The van der Waals surface area contributed by atoms with Gasteiger partial charge in [-0.25, -0.2) is 0 Å². The molecule has 2 nitrogen and oxygen atoms in total. The molecule has 3 heteroatoms. The Morgan fingerprint density at radius 3 is 3.07 bits per heavy atom. The smallest absolute Gasteiger partial charge is 0.309 e. The molecule has 0 saturated carbocycles. The molecule has 0 radical (unpaired) electrons. The summed E-state index contributed by atoms with van der Waals surface area (Å²) in [7, 11) is 0. The van der Waals surface area contributed by atoms with Crippen molar-refractivity contribution in [1.29, 1.82) is 0 Å². The van der Waals surface area contributed by atoms with E-state index in [9.17, 15) is 4.79 Å². The highest BCUT2D eigenvalue weighted by molar-refractivity contribution is 7.09. The summed E-state index contributed by atoms with van der Waals surface area (Å²) in [5.74, 6) is -0.202. The molecule has 0 aliphatic heterocycles. The van der Waals surface area contributed by atoms with Gasteiger partial charge in [0, 0.05) is 4.88 Å². The third-order valence-corrected chi connectivity index (χ3v) is 3.00. The highest BCUT2D eigenvalue weighted by Crippen LogP contribution is 2.18. The number of thiophene rings is 1. The summed E-state index contributed by atoms with van der Waals surface area (Å²) in [5, 5.41) is 2.02. The summed E-state index contributed by atoms with van der Waals surface area (Å²) in [6.45, 7) is 5.94. The van der Waals surface area contributed by atoms with Crippen LogP contribution >= 0.6 is 11.3 Å². The summed E-state index contributed by atoms with van der Waals surface area (Å²) in [6.07, 6.45) is 3.20. The maximum Gasteiger partial charge on any atom is 0.309 e. The van der Waals surface area contributed by atoms with E-state index >= 15 is 0 Å². The van der Waals surface area contributed by atoms with Gasteiger partial charge in [0.25, 0.3) is 0 Å². The van der Waals surface area contributed by atoms with Gasteiger partial charge >= 0.3 is 5.97 Å². The zero-order valence-corrected chi connectivity index (χ0v) is 9.76. The third kappa shape index (κ3) is 3.88. The van der Waals surface area contributed by atoms with Crippen molar-refractivity contribution in [2.45, 2.75) is 19.8 Å². The van der Waals surface area contributed by atoms with Crippen LogP contribution in [0.25, 0.3) is 0 Å². The minimum absolute atomic E-state index is 0.0823. The summed E-state index contributed by atoms with van der Waals surface area (Å²) in [5.41, 5.74) is 0. The van der Waals surface area contributed by atoms with Crippen molar-refractivity contribution in [1.82, 2.24) is 0 Å². The van der Waals surface area contributed by atoms with E-state index in [1.807, 2.05) is 24.4 Å². The van der Waals surface area contributed by atoms with Gasteiger partial charge in [0.15, 0.2) is 0 Å². The lowest BCUT2D eigenvalue weighted by Crippen LogP contribution is -2.19. The van der Waals surface area contributed by atoms with Gasteiger partial charge in [0.2, 0.25) is 0 Å². The van der Waals surface area contributed by atoms with Crippen LogP contribution in [-0.4, -0.2) is 12.6 Å². The van der Waals surface area contributed by atoms with Gasteiger partial charge in [-0.3, -0.25) is 4.79 Å². The lowest BCUT2D eigenvalue weighted by molar-refractivity contribution is -0.147. The van der Waals surface area contributed by atoms with Gasteiger partial charge in [-0.05, 0) is 31.2 Å². The first kappa shape index (κ1) is 12.0. The molecule has 1 heterocycles. The second-order valence-corrected chi connectivity index (χ2v) is 4.29. The summed E-state index contributed by atoms with van der Waals surface area (Å²) >= 11 is 1.67. The van der Waals surface area contributed by atoms with E-state index in [1.165, 1.54) is 4.88 Å². The third-order valence-electron chi connectivity index (χ3n) is 2.10. The first-order valence-corrected chi connectivity index (χ1v) is 5.95. The van der Waals surface area contributed by atoms with Crippen LogP contribution in [0.5, 0.6) is 0 Å². The number of hydrogen-bond acceptors (Lipinski definition) is 3. The fourth-order valence-electron chi connectivity index (χ4n) is 1.40. The second kappa shape index (κ2) is 6.40. The SMILES string of the molecule is C=CCC(Cc1cccs1)C(=O)OCC. The Labute approximate surface area is 94.6 Å². The highest BCUT2D eigenvalue weighted by atomic mass is 32.1. The van der Waals surface area contributed by atoms with E-state index < -0.39 is 0 Å². The maximum absolute atomic E-state index is 11.6.